The van der Waals surface area contributed by atoms with Gasteiger partial charge in [0.15, 0.2) is 0 Å². The number of rotatable bonds is 3. The van der Waals surface area contributed by atoms with Gasteiger partial charge in [0.25, 0.3) is 0 Å². The fourth-order valence-corrected chi connectivity index (χ4v) is 1.69. The topological polar surface area (TPSA) is 0 Å². The summed E-state index contributed by atoms with van der Waals surface area (Å²) in [5, 5.41) is 1.34. The molecular weight excluding hydrogens is 135 g/mol. The highest BCUT2D eigenvalue weighted by Crippen LogP contribution is 2.02. The lowest BCUT2D eigenvalue weighted by Crippen LogP contribution is -2.06. The van der Waals surface area contributed by atoms with E-state index in [1.807, 2.05) is 0 Å². The Hall–Kier alpha value is 0.822. The van der Waals surface area contributed by atoms with Gasteiger partial charge in [-0.15, -0.1) is 11.6 Å². The molecule has 0 aromatic rings. The van der Waals surface area contributed by atoms with Gasteiger partial charge in [-0.2, -0.15) is 0 Å². The molecule has 0 aromatic carbocycles. The van der Waals surface area contributed by atoms with Gasteiger partial charge in [0.05, 0.1) is 0 Å². The lowest BCUT2D eigenvalue weighted by molar-refractivity contribution is 0.729. The molecule has 0 rings (SSSR count). The normalized spacial score (nSPS) is 14.1. The van der Waals surface area contributed by atoms with E-state index in [2.05, 4.69) is 20.8 Å². The number of hydrogen-bond donors (Lipinski definition) is 0. The smallest absolute Gasteiger partial charge is 0.141 e. The highest BCUT2D eigenvalue weighted by atomic mass is 35.5. The number of hydrogen-bond acceptors (Lipinski definition) is 0. The Bertz CT molecular complexity index is 44.5. The van der Waals surface area contributed by atoms with E-state index in [9.17, 15) is 0 Å². The third-order valence-corrected chi connectivity index (χ3v) is 3.33. The van der Waals surface area contributed by atoms with Crippen LogP contribution in [-0.4, -0.2) is 19.5 Å². The molecule has 0 fully saturated rings. The molecule has 0 aliphatic carbocycles. The summed E-state index contributed by atoms with van der Waals surface area (Å²) in [6, 6.07) is 0. The van der Waals surface area contributed by atoms with E-state index in [0.29, 0.717) is 19.5 Å². The molecule has 0 aliphatic rings. The Morgan fingerprint density at radius 1 is 1.38 bits per heavy atom. The van der Waals surface area contributed by atoms with Crippen molar-refractivity contribution in [3.05, 3.63) is 0 Å². The first-order chi connectivity index (χ1) is 3.63. The van der Waals surface area contributed by atoms with Crippen molar-refractivity contribution in [3.8, 4) is 0 Å². The van der Waals surface area contributed by atoms with Gasteiger partial charge in [0.1, 0.15) is 0 Å². The summed E-state index contributed by atoms with van der Waals surface area (Å²) < 4.78 is 0.442. The second-order valence-electron chi connectivity index (χ2n) is 2.54. The van der Waals surface area contributed by atoms with Crippen molar-refractivity contribution in [1.82, 2.24) is 0 Å². The van der Waals surface area contributed by atoms with Crippen molar-refractivity contribution in [2.45, 2.75) is 30.3 Å². The van der Waals surface area contributed by atoms with Crippen LogP contribution in [0.4, 0.5) is 0 Å². The van der Waals surface area contributed by atoms with E-state index in [0.717, 1.165) is 5.92 Å². The maximum atomic E-state index is 5.76. The zero-order valence-corrected chi connectivity index (χ0v) is 7.73. The second-order valence-corrected chi connectivity index (χ2v) is 5.60. The quantitative estimate of drug-likeness (QED) is 0.425. The minimum absolute atomic E-state index is 0.442. The molecule has 0 spiro atoms. The summed E-state index contributed by atoms with van der Waals surface area (Å²) >= 11 is 6.26. The van der Waals surface area contributed by atoms with Crippen LogP contribution in [0.25, 0.3) is 0 Å². The molecule has 1 unspecified atom stereocenters. The highest BCUT2D eigenvalue weighted by molar-refractivity contribution is 6.52. The number of alkyl halides is 1. The standard InChI is InChI=1S/C4H9.C2H4Cl.Al/c1-4(2)3;1-2-3;/h4H,1H2,2-3H3;2H,1H3;. The van der Waals surface area contributed by atoms with Crippen molar-refractivity contribution in [3.63, 3.8) is 0 Å². The van der Waals surface area contributed by atoms with Crippen LogP contribution in [0.1, 0.15) is 20.8 Å². The Morgan fingerprint density at radius 2 is 1.88 bits per heavy atom. The molecule has 0 amide bonds. The molecular formula is C6H13AlCl. The molecule has 0 saturated carbocycles. The van der Waals surface area contributed by atoms with Gasteiger partial charge < -0.3 is 0 Å². The van der Waals surface area contributed by atoms with E-state index in [-0.39, 0.29) is 0 Å². The molecule has 0 N–H and O–H groups in total. The van der Waals surface area contributed by atoms with E-state index in [1.54, 1.807) is 0 Å². The largest absolute Gasteiger partial charge is 0.229 e. The van der Waals surface area contributed by atoms with E-state index < -0.39 is 0 Å². The fraction of sp³-hybridized carbons (Fsp3) is 1.00. The van der Waals surface area contributed by atoms with Crippen molar-refractivity contribution >= 4 is 26.8 Å². The monoisotopic (exact) mass is 147 g/mol. The van der Waals surface area contributed by atoms with Gasteiger partial charge in [-0.3, -0.25) is 0 Å². The summed E-state index contributed by atoms with van der Waals surface area (Å²) in [4.78, 5) is 0. The predicted molar refractivity (Wildman–Crippen MR) is 40.7 cm³/mol. The lowest BCUT2D eigenvalue weighted by atomic mass is 10.3. The van der Waals surface area contributed by atoms with E-state index in [1.165, 1.54) is 5.28 Å². The average Bonchev–Trinajstić information content (AvgIpc) is 1.61. The Balaban J connectivity index is 2.93. The first kappa shape index (κ1) is 8.82. The minimum atomic E-state index is 0.442. The molecule has 0 aromatic heterocycles. The molecule has 2 heteroatoms. The Labute approximate surface area is 63.3 Å². The Kier molecular flexibility index (Phi) is 5.16. The molecule has 1 radical (unpaired) electrons. The molecule has 0 aliphatic heterocycles. The Morgan fingerprint density at radius 3 is 2.00 bits per heavy atom. The fourth-order valence-electron chi connectivity index (χ4n) is 0.460. The van der Waals surface area contributed by atoms with Gasteiger partial charge in [-0.25, -0.2) is 0 Å². The summed E-state index contributed by atoms with van der Waals surface area (Å²) in [6.45, 7) is 6.57. The summed E-state index contributed by atoms with van der Waals surface area (Å²) in [5.74, 6) is 0.839. The van der Waals surface area contributed by atoms with Crippen molar-refractivity contribution in [1.29, 1.82) is 0 Å². The van der Waals surface area contributed by atoms with Crippen LogP contribution in [0.3, 0.4) is 0 Å². The molecule has 0 nitrogen and oxygen atoms in total. The maximum absolute atomic E-state index is 5.76. The zero-order valence-electron chi connectivity index (χ0n) is 5.82. The third kappa shape index (κ3) is 6.82. The molecule has 1 atom stereocenters. The minimum Gasteiger partial charge on any atom is -0.141 e. The van der Waals surface area contributed by atoms with Crippen LogP contribution in [-0.2, 0) is 0 Å². The predicted octanol–water partition coefficient (Wildman–Crippen LogP) is 2.35. The second kappa shape index (κ2) is 4.68. The van der Waals surface area contributed by atoms with Gasteiger partial charge in [-0.1, -0.05) is 32.0 Å². The van der Waals surface area contributed by atoms with Crippen molar-refractivity contribution < 1.29 is 0 Å². The van der Waals surface area contributed by atoms with Gasteiger partial charge in [-0.05, 0) is 4.24 Å². The van der Waals surface area contributed by atoms with Crippen LogP contribution in [0.5, 0.6) is 0 Å². The van der Waals surface area contributed by atoms with Crippen molar-refractivity contribution in [2.24, 2.45) is 5.92 Å². The van der Waals surface area contributed by atoms with Gasteiger partial charge >= 0.3 is 0 Å². The van der Waals surface area contributed by atoms with Crippen molar-refractivity contribution in [2.75, 3.05) is 0 Å². The SMILES string of the molecule is CC(C)[CH2][Al][CH](C)Cl. The summed E-state index contributed by atoms with van der Waals surface area (Å²) in [6.07, 6.45) is 0. The van der Waals surface area contributed by atoms with Crippen LogP contribution < -0.4 is 0 Å². The molecule has 0 bridgehead atoms. The van der Waals surface area contributed by atoms with Crippen LogP contribution in [0.2, 0.25) is 5.28 Å². The van der Waals surface area contributed by atoms with E-state index in [4.69, 9.17) is 11.6 Å². The number of halogens is 1. The first-order valence-corrected chi connectivity index (χ1v) is 5.02. The lowest BCUT2D eigenvalue weighted by Gasteiger charge is -2.02. The van der Waals surface area contributed by atoms with Gasteiger partial charge in [0, 0.05) is 0 Å². The van der Waals surface area contributed by atoms with Crippen LogP contribution in [0.15, 0.2) is 0 Å². The first-order valence-electron chi connectivity index (χ1n) is 3.10. The third-order valence-electron chi connectivity index (χ3n) is 0.932. The summed E-state index contributed by atoms with van der Waals surface area (Å²) in [5.41, 5.74) is 0. The van der Waals surface area contributed by atoms with Crippen LogP contribution in [0, 0.1) is 5.92 Å². The molecule has 8 heavy (non-hydrogen) atoms. The molecule has 0 heterocycles. The zero-order chi connectivity index (χ0) is 6.57. The summed E-state index contributed by atoms with van der Waals surface area (Å²) in [7, 11) is 0. The van der Waals surface area contributed by atoms with Crippen LogP contribution >= 0.6 is 11.6 Å². The van der Waals surface area contributed by atoms with Gasteiger partial charge in [0.2, 0.25) is 15.2 Å². The highest BCUT2D eigenvalue weighted by Gasteiger charge is 2.01. The maximum Gasteiger partial charge on any atom is 0.229 e. The molecule has 47 valence electrons. The molecule has 0 saturated heterocycles. The van der Waals surface area contributed by atoms with E-state index >= 15 is 0 Å². The average molecular weight is 148 g/mol.